The molecule has 1 aromatic carbocycles. The van der Waals surface area contributed by atoms with Gasteiger partial charge in [0.05, 0.1) is 0 Å². The molecule has 0 saturated carbocycles. The first-order valence-electron chi connectivity index (χ1n) is 4.51. The second-order valence-electron chi connectivity index (χ2n) is 3.23. The van der Waals surface area contributed by atoms with E-state index >= 15 is 0 Å². The smallest absolute Gasteiger partial charge is 0.163 e. The highest BCUT2D eigenvalue weighted by atomic mass is 19.2. The molecule has 1 rings (SSSR count). The minimum atomic E-state index is -0.815. The van der Waals surface area contributed by atoms with Crippen LogP contribution in [-0.2, 0) is 6.54 Å². The molecule has 0 aliphatic heterocycles. The normalized spacial score (nSPS) is 12.9. The molecule has 1 atom stereocenters. The zero-order chi connectivity index (χ0) is 10.6. The zero-order valence-electron chi connectivity index (χ0n) is 8.06. The van der Waals surface area contributed by atoms with Crippen LogP contribution in [0.15, 0.2) is 18.2 Å². The molecule has 0 fully saturated rings. The fourth-order valence-electron chi connectivity index (χ4n) is 1.05. The lowest BCUT2D eigenvalue weighted by molar-refractivity contribution is 0.483. The number of halogens is 2. The van der Waals surface area contributed by atoms with E-state index in [1.807, 2.05) is 6.92 Å². The van der Waals surface area contributed by atoms with Crippen molar-refractivity contribution in [2.45, 2.75) is 19.5 Å². The maximum atomic E-state index is 13.1. The maximum absolute atomic E-state index is 13.1. The third-order valence-electron chi connectivity index (χ3n) is 2.03. The van der Waals surface area contributed by atoms with Gasteiger partial charge in [0.15, 0.2) is 11.6 Å². The Morgan fingerprint density at radius 2 is 2.14 bits per heavy atom. The van der Waals surface area contributed by atoms with E-state index in [0.717, 1.165) is 6.07 Å². The molecule has 0 aliphatic rings. The molecule has 4 heteroatoms. The Morgan fingerprint density at radius 1 is 1.43 bits per heavy atom. The van der Waals surface area contributed by atoms with Crippen molar-refractivity contribution >= 4 is 0 Å². The number of nitrogens with two attached hydrogens (primary N) is 1. The summed E-state index contributed by atoms with van der Waals surface area (Å²) >= 11 is 0. The second kappa shape index (κ2) is 5.02. The average Bonchev–Trinajstić information content (AvgIpc) is 2.20. The van der Waals surface area contributed by atoms with Gasteiger partial charge in [-0.05, 0) is 13.0 Å². The molecule has 1 aromatic rings. The molecule has 78 valence electrons. The van der Waals surface area contributed by atoms with Gasteiger partial charge in [-0.15, -0.1) is 0 Å². The molecule has 0 aromatic heterocycles. The van der Waals surface area contributed by atoms with E-state index in [4.69, 9.17) is 5.73 Å². The summed E-state index contributed by atoms with van der Waals surface area (Å²) < 4.78 is 25.9. The Kier molecular flexibility index (Phi) is 3.98. The van der Waals surface area contributed by atoms with E-state index in [0.29, 0.717) is 18.7 Å². The van der Waals surface area contributed by atoms with Crippen LogP contribution >= 0.6 is 0 Å². The van der Waals surface area contributed by atoms with Gasteiger partial charge in [0, 0.05) is 24.7 Å². The second-order valence-corrected chi connectivity index (χ2v) is 3.23. The first kappa shape index (κ1) is 11.1. The molecular weight excluding hydrogens is 186 g/mol. The summed E-state index contributed by atoms with van der Waals surface area (Å²) in [7, 11) is 0. The molecule has 0 heterocycles. The lowest BCUT2D eigenvalue weighted by Crippen LogP contribution is -2.32. The summed E-state index contributed by atoms with van der Waals surface area (Å²) in [5.74, 6) is -1.60. The van der Waals surface area contributed by atoms with Gasteiger partial charge in [-0.2, -0.15) is 0 Å². The van der Waals surface area contributed by atoms with Crippen LogP contribution in [-0.4, -0.2) is 12.6 Å². The van der Waals surface area contributed by atoms with Gasteiger partial charge in [0.25, 0.3) is 0 Å². The van der Waals surface area contributed by atoms with Crippen molar-refractivity contribution in [3.63, 3.8) is 0 Å². The van der Waals surface area contributed by atoms with Crippen LogP contribution in [0.3, 0.4) is 0 Å². The van der Waals surface area contributed by atoms with E-state index < -0.39 is 11.6 Å². The standard InChI is InChI=1S/C10H14F2N2/c1-7(5-13)14-6-8-3-2-4-9(11)10(8)12/h2-4,7,14H,5-6,13H2,1H3/t7-/m0/s1. The Bertz CT molecular complexity index is 302. The summed E-state index contributed by atoms with van der Waals surface area (Å²) in [6.07, 6.45) is 0. The first-order valence-corrected chi connectivity index (χ1v) is 4.51. The van der Waals surface area contributed by atoms with Gasteiger partial charge >= 0.3 is 0 Å². The minimum absolute atomic E-state index is 0.0951. The summed E-state index contributed by atoms with van der Waals surface area (Å²) in [5, 5.41) is 2.98. The number of hydrogen-bond acceptors (Lipinski definition) is 2. The van der Waals surface area contributed by atoms with E-state index in [1.54, 1.807) is 6.07 Å². The Labute approximate surface area is 82.1 Å². The van der Waals surface area contributed by atoms with Crippen molar-refractivity contribution in [2.75, 3.05) is 6.54 Å². The molecule has 2 nitrogen and oxygen atoms in total. The predicted octanol–water partition coefficient (Wildman–Crippen LogP) is 1.40. The number of hydrogen-bond donors (Lipinski definition) is 2. The zero-order valence-corrected chi connectivity index (χ0v) is 8.06. The maximum Gasteiger partial charge on any atom is 0.163 e. The summed E-state index contributed by atoms with van der Waals surface area (Å²) in [6.45, 7) is 2.65. The molecule has 14 heavy (non-hydrogen) atoms. The molecule has 3 N–H and O–H groups in total. The van der Waals surface area contributed by atoms with Gasteiger partial charge < -0.3 is 11.1 Å². The average molecular weight is 200 g/mol. The van der Waals surface area contributed by atoms with Gasteiger partial charge in [-0.3, -0.25) is 0 Å². The predicted molar refractivity (Wildman–Crippen MR) is 51.7 cm³/mol. The highest BCUT2D eigenvalue weighted by Gasteiger charge is 2.07. The van der Waals surface area contributed by atoms with Gasteiger partial charge in [-0.25, -0.2) is 8.78 Å². The number of nitrogens with one attached hydrogen (secondary N) is 1. The molecule has 0 saturated heterocycles. The lowest BCUT2D eigenvalue weighted by Gasteiger charge is -2.11. The fourth-order valence-corrected chi connectivity index (χ4v) is 1.05. The molecular formula is C10H14F2N2. The van der Waals surface area contributed by atoms with Gasteiger partial charge in [-0.1, -0.05) is 12.1 Å². The van der Waals surface area contributed by atoms with Crippen molar-refractivity contribution in [3.05, 3.63) is 35.4 Å². The number of benzene rings is 1. The van der Waals surface area contributed by atoms with Crippen LogP contribution in [0, 0.1) is 11.6 Å². The van der Waals surface area contributed by atoms with E-state index in [-0.39, 0.29) is 6.04 Å². The largest absolute Gasteiger partial charge is 0.329 e. The summed E-state index contributed by atoms with van der Waals surface area (Å²) in [4.78, 5) is 0. The van der Waals surface area contributed by atoms with E-state index in [9.17, 15) is 8.78 Å². The Balaban J connectivity index is 2.63. The van der Waals surface area contributed by atoms with Crippen molar-refractivity contribution in [1.82, 2.24) is 5.32 Å². The van der Waals surface area contributed by atoms with Crippen LogP contribution in [0.2, 0.25) is 0 Å². The molecule has 0 radical (unpaired) electrons. The van der Waals surface area contributed by atoms with Gasteiger partial charge in [0.1, 0.15) is 0 Å². The molecule has 0 aliphatic carbocycles. The van der Waals surface area contributed by atoms with E-state index in [2.05, 4.69) is 5.32 Å². The Hall–Kier alpha value is -1.00. The summed E-state index contributed by atoms with van der Waals surface area (Å²) in [6, 6.07) is 4.24. The number of rotatable bonds is 4. The van der Waals surface area contributed by atoms with Crippen LogP contribution in [0.4, 0.5) is 8.78 Å². The topological polar surface area (TPSA) is 38.0 Å². The van der Waals surface area contributed by atoms with Crippen LogP contribution in [0.5, 0.6) is 0 Å². The Morgan fingerprint density at radius 3 is 2.79 bits per heavy atom. The third kappa shape index (κ3) is 2.75. The van der Waals surface area contributed by atoms with Crippen molar-refractivity contribution in [3.8, 4) is 0 Å². The summed E-state index contributed by atoms with van der Waals surface area (Å²) in [5.41, 5.74) is 5.70. The van der Waals surface area contributed by atoms with Crippen molar-refractivity contribution in [1.29, 1.82) is 0 Å². The fraction of sp³-hybridized carbons (Fsp3) is 0.400. The SMILES string of the molecule is C[C@@H](CN)NCc1cccc(F)c1F. The van der Waals surface area contributed by atoms with E-state index in [1.165, 1.54) is 6.07 Å². The van der Waals surface area contributed by atoms with Crippen LogP contribution < -0.4 is 11.1 Å². The minimum Gasteiger partial charge on any atom is -0.329 e. The van der Waals surface area contributed by atoms with Crippen LogP contribution in [0.25, 0.3) is 0 Å². The monoisotopic (exact) mass is 200 g/mol. The van der Waals surface area contributed by atoms with Gasteiger partial charge in [0.2, 0.25) is 0 Å². The molecule has 0 bridgehead atoms. The molecule has 0 unspecified atom stereocenters. The highest BCUT2D eigenvalue weighted by molar-refractivity contribution is 5.18. The van der Waals surface area contributed by atoms with Crippen molar-refractivity contribution < 1.29 is 8.78 Å². The third-order valence-corrected chi connectivity index (χ3v) is 2.03. The quantitative estimate of drug-likeness (QED) is 0.771. The van der Waals surface area contributed by atoms with Crippen molar-refractivity contribution in [2.24, 2.45) is 5.73 Å². The molecule has 0 amide bonds. The highest BCUT2D eigenvalue weighted by Crippen LogP contribution is 2.10. The first-order chi connectivity index (χ1) is 6.65. The lowest BCUT2D eigenvalue weighted by atomic mass is 10.2. The van der Waals surface area contributed by atoms with Crippen LogP contribution in [0.1, 0.15) is 12.5 Å². The molecule has 0 spiro atoms.